The normalized spacial score (nSPS) is 21.1. The van der Waals surface area contributed by atoms with Gasteiger partial charge in [-0.3, -0.25) is 24.1 Å². The summed E-state index contributed by atoms with van der Waals surface area (Å²) in [7, 11) is 1.72. The van der Waals surface area contributed by atoms with Gasteiger partial charge in [-0.1, -0.05) is 47.1 Å². The molecule has 0 aromatic heterocycles. The number of anilines is 1. The fourth-order valence-electron chi connectivity index (χ4n) is 6.44. The second kappa shape index (κ2) is 15.3. The summed E-state index contributed by atoms with van der Waals surface area (Å²) < 4.78 is 13.3. The molecule has 0 radical (unpaired) electrons. The Balaban J connectivity index is 1.77. The number of halogens is 1. The zero-order valence-electron chi connectivity index (χ0n) is 28.7. The molecule has 2 heterocycles. The minimum atomic E-state index is -0.755. The minimum absolute atomic E-state index is 0.0241. The van der Waals surface area contributed by atoms with Crippen molar-refractivity contribution in [2.24, 2.45) is 11.3 Å². The van der Waals surface area contributed by atoms with Gasteiger partial charge in [0.25, 0.3) is 0 Å². The van der Waals surface area contributed by atoms with Crippen LogP contribution in [0, 0.1) is 17.2 Å². The van der Waals surface area contributed by atoms with Crippen molar-refractivity contribution in [1.29, 1.82) is 0 Å². The molecule has 2 aliphatic heterocycles. The number of carbonyl (C=O) groups is 4. The Morgan fingerprint density at radius 2 is 1.56 bits per heavy atom. The molecule has 2 aliphatic rings. The molecule has 250 valence electrons. The molecule has 4 amide bonds. The average Bonchev–Trinajstić information content (AvgIpc) is 3.48. The number of hydrogen-bond acceptors (Lipinski definition) is 5. The van der Waals surface area contributed by atoms with Crippen molar-refractivity contribution in [3.05, 3.63) is 41.7 Å². The molecular formula is C35H54FN5O4. The summed E-state index contributed by atoms with van der Waals surface area (Å²) in [5.41, 5.74) is 0.365. The molecule has 0 spiro atoms. The molecule has 2 N–H and O–H groups in total. The Kier molecular flexibility index (Phi) is 12.3. The summed E-state index contributed by atoms with van der Waals surface area (Å²) in [6.45, 7) is 17.0. The van der Waals surface area contributed by atoms with E-state index in [9.17, 15) is 23.6 Å². The Bertz CT molecular complexity index is 1240. The fourth-order valence-corrected chi connectivity index (χ4v) is 6.44. The molecule has 1 aromatic carbocycles. The standard InChI is InChI=1S/C35H54FN5O4/c1-22(2)29(21-24(5)33(44)41-20-12-14-28(41)31(42)37-26-17-15-25(36)16-18-26)39(9)34(45)30(35(6,7)8)38-32(43)27-13-10-11-19-40(27)23(3)4/h15-18,21-23,27-30H,10-14,19-20H2,1-9H3,(H,37,42)(H,38,43)/b24-21+/t27?,28-,29+,30+/m0/s1. The van der Waals surface area contributed by atoms with Crippen molar-refractivity contribution in [2.45, 2.75) is 118 Å². The average molecular weight is 628 g/mol. The van der Waals surface area contributed by atoms with Gasteiger partial charge in [-0.15, -0.1) is 0 Å². The molecule has 1 aromatic rings. The molecule has 9 nitrogen and oxygen atoms in total. The lowest BCUT2D eigenvalue weighted by atomic mass is 9.84. The van der Waals surface area contributed by atoms with Gasteiger partial charge in [0, 0.05) is 30.9 Å². The maximum atomic E-state index is 14.1. The SMILES string of the molecule is C/C(=C\[C@H](C(C)C)N(C)C(=O)[C@@H](NC(=O)C1CCCCN1C(C)C)C(C)(C)C)C(=O)N1CCC[C@H]1C(=O)Nc1ccc(F)cc1. The quantitative estimate of drug-likeness (QED) is 0.357. The Hall–Kier alpha value is -3.27. The molecule has 0 saturated carbocycles. The van der Waals surface area contributed by atoms with Crippen molar-refractivity contribution in [2.75, 3.05) is 25.5 Å². The van der Waals surface area contributed by atoms with Crippen molar-refractivity contribution in [3.8, 4) is 0 Å². The zero-order valence-corrected chi connectivity index (χ0v) is 28.7. The van der Waals surface area contributed by atoms with Crippen molar-refractivity contribution >= 4 is 29.3 Å². The summed E-state index contributed by atoms with van der Waals surface area (Å²) in [5.74, 6) is -1.32. The molecule has 2 fully saturated rings. The van der Waals surface area contributed by atoms with E-state index in [2.05, 4.69) is 29.4 Å². The molecule has 2 saturated heterocycles. The predicted molar refractivity (Wildman–Crippen MR) is 176 cm³/mol. The van der Waals surface area contributed by atoms with Gasteiger partial charge in [0.15, 0.2) is 0 Å². The van der Waals surface area contributed by atoms with E-state index in [1.807, 2.05) is 34.6 Å². The zero-order chi connectivity index (χ0) is 33.6. The molecule has 10 heteroatoms. The molecule has 0 bridgehead atoms. The smallest absolute Gasteiger partial charge is 0.249 e. The topological polar surface area (TPSA) is 102 Å². The number of rotatable bonds is 10. The molecule has 3 rings (SSSR count). The van der Waals surface area contributed by atoms with Crippen LogP contribution in [0.3, 0.4) is 0 Å². The highest BCUT2D eigenvalue weighted by Gasteiger charge is 2.40. The van der Waals surface area contributed by atoms with Gasteiger partial charge in [0.05, 0.1) is 12.1 Å². The lowest BCUT2D eigenvalue weighted by molar-refractivity contribution is -0.142. The van der Waals surface area contributed by atoms with Gasteiger partial charge in [-0.2, -0.15) is 0 Å². The van der Waals surface area contributed by atoms with E-state index >= 15 is 0 Å². The third-order valence-electron chi connectivity index (χ3n) is 9.07. The predicted octanol–water partition coefficient (Wildman–Crippen LogP) is 4.98. The molecule has 4 atom stereocenters. The maximum absolute atomic E-state index is 14.1. The van der Waals surface area contributed by atoms with Gasteiger partial charge < -0.3 is 20.4 Å². The van der Waals surface area contributed by atoms with Gasteiger partial charge in [-0.05, 0) is 88.6 Å². The third kappa shape index (κ3) is 9.15. The number of piperidine rings is 1. The summed E-state index contributed by atoms with van der Waals surface area (Å²) >= 11 is 0. The van der Waals surface area contributed by atoms with Crippen molar-refractivity contribution in [3.63, 3.8) is 0 Å². The van der Waals surface area contributed by atoms with E-state index in [4.69, 9.17) is 0 Å². The van der Waals surface area contributed by atoms with Crippen LogP contribution >= 0.6 is 0 Å². The van der Waals surface area contributed by atoms with Crippen LogP contribution in [0.15, 0.2) is 35.9 Å². The van der Waals surface area contributed by atoms with Crippen LogP contribution in [0.1, 0.15) is 87.5 Å². The van der Waals surface area contributed by atoms with Crippen LogP contribution in [0.5, 0.6) is 0 Å². The minimum Gasteiger partial charge on any atom is -0.342 e. The highest BCUT2D eigenvalue weighted by atomic mass is 19.1. The number of hydrogen-bond donors (Lipinski definition) is 2. The number of nitrogens with one attached hydrogen (secondary N) is 2. The van der Waals surface area contributed by atoms with E-state index in [-0.39, 0.29) is 41.6 Å². The van der Waals surface area contributed by atoms with E-state index in [0.29, 0.717) is 30.6 Å². The van der Waals surface area contributed by atoms with Crippen LogP contribution in [0.4, 0.5) is 10.1 Å². The maximum Gasteiger partial charge on any atom is 0.249 e. The van der Waals surface area contributed by atoms with Crippen LogP contribution in [-0.4, -0.2) is 88.7 Å². The van der Waals surface area contributed by atoms with Crippen LogP contribution < -0.4 is 10.6 Å². The highest BCUT2D eigenvalue weighted by molar-refractivity contribution is 6.01. The summed E-state index contributed by atoms with van der Waals surface area (Å²) in [4.78, 5) is 59.9. The number of likely N-dealkylation sites (N-methyl/N-ethyl adjacent to an activating group) is 1. The number of likely N-dealkylation sites (tertiary alicyclic amines) is 2. The van der Waals surface area contributed by atoms with Gasteiger partial charge in [0.2, 0.25) is 23.6 Å². The number of nitrogens with zero attached hydrogens (tertiary/aromatic N) is 3. The van der Waals surface area contributed by atoms with Crippen LogP contribution in [0.25, 0.3) is 0 Å². The summed E-state index contributed by atoms with van der Waals surface area (Å²) in [5, 5.41) is 5.91. The van der Waals surface area contributed by atoms with Gasteiger partial charge in [0.1, 0.15) is 17.9 Å². The molecule has 1 unspecified atom stereocenters. The first kappa shape index (κ1) is 36.2. The second-order valence-corrected chi connectivity index (χ2v) is 14.3. The van der Waals surface area contributed by atoms with E-state index in [1.165, 1.54) is 24.3 Å². The monoisotopic (exact) mass is 627 g/mol. The number of amides is 4. The largest absolute Gasteiger partial charge is 0.342 e. The fraction of sp³-hybridized carbons (Fsp3) is 0.657. The molecule has 45 heavy (non-hydrogen) atoms. The van der Waals surface area contributed by atoms with Gasteiger partial charge in [-0.25, -0.2) is 4.39 Å². The Morgan fingerprint density at radius 1 is 0.933 bits per heavy atom. The van der Waals surface area contributed by atoms with E-state index in [0.717, 1.165) is 25.8 Å². The molecular weight excluding hydrogens is 573 g/mol. The lowest BCUT2D eigenvalue weighted by Gasteiger charge is -2.41. The van der Waals surface area contributed by atoms with Crippen LogP contribution in [-0.2, 0) is 19.2 Å². The van der Waals surface area contributed by atoms with Crippen molar-refractivity contribution in [1.82, 2.24) is 20.0 Å². The summed E-state index contributed by atoms with van der Waals surface area (Å²) in [6.07, 6.45) is 5.83. The second-order valence-electron chi connectivity index (χ2n) is 14.3. The van der Waals surface area contributed by atoms with E-state index < -0.39 is 29.4 Å². The van der Waals surface area contributed by atoms with Crippen LogP contribution in [0.2, 0.25) is 0 Å². The number of benzene rings is 1. The Labute approximate surface area is 269 Å². The van der Waals surface area contributed by atoms with E-state index in [1.54, 1.807) is 29.8 Å². The number of carbonyl (C=O) groups excluding carboxylic acids is 4. The lowest BCUT2D eigenvalue weighted by Crippen LogP contribution is -2.60. The third-order valence-corrected chi connectivity index (χ3v) is 9.07. The Morgan fingerprint density at radius 3 is 2.13 bits per heavy atom. The first-order valence-corrected chi connectivity index (χ1v) is 16.4. The molecule has 0 aliphatic carbocycles. The first-order valence-electron chi connectivity index (χ1n) is 16.4. The highest BCUT2D eigenvalue weighted by Crippen LogP contribution is 2.27. The summed E-state index contributed by atoms with van der Waals surface area (Å²) in [6, 6.07) is 3.67. The van der Waals surface area contributed by atoms with Gasteiger partial charge >= 0.3 is 0 Å². The first-order chi connectivity index (χ1) is 21.0. The van der Waals surface area contributed by atoms with Crippen molar-refractivity contribution < 1.29 is 23.6 Å².